The number of aromatic nitrogens is 2. The Balaban J connectivity index is 1.35. The lowest BCUT2D eigenvalue weighted by atomic mass is 10.1. The molecule has 1 aliphatic carbocycles. The third-order valence-corrected chi connectivity index (χ3v) is 5.36. The Bertz CT molecular complexity index is 921. The van der Waals surface area contributed by atoms with Gasteiger partial charge in [-0.25, -0.2) is 0 Å². The molecule has 1 saturated carbocycles. The van der Waals surface area contributed by atoms with E-state index in [1.807, 2.05) is 59.4 Å². The van der Waals surface area contributed by atoms with Crippen molar-refractivity contribution in [3.63, 3.8) is 0 Å². The molecule has 132 valence electrons. The van der Waals surface area contributed by atoms with Gasteiger partial charge in [0.2, 0.25) is 5.91 Å². The second-order valence-corrected chi connectivity index (χ2v) is 7.89. The summed E-state index contributed by atoms with van der Waals surface area (Å²) in [6.07, 6.45) is 4.43. The van der Waals surface area contributed by atoms with Crippen molar-refractivity contribution in [2.45, 2.75) is 18.9 Å². The number of hydrogen-bond donors (Lipinski definition) is 1. The molecule has 4 rings (SSSR count). The van der Waals surface area contributed by atoms with Gasteiger partial charge < -0.3 is 5.32 Å². The lowest BCUT2D eigenvalue weighted by Crippen LogP contribution is -2.14. The predicted molar refractivity (Wildman–Crippen MR) is 106 cm³/mol. The van der Waals surface area contributed by atoms with E-state index in [-0.39, 0.29) is 17.7 Å². The van der Waals surface area contributed by atoms with Crippen LogP contribution in [0.15, 0.2) is 65.4 Å². The summed E-state index contributed by atoms with van der Waals surface area (Å²) in [5.74, 6) is 0.351. The highest BCUT2D eigenvalue weighted by Crippen LogP contribution is 2.48. The van der Waals surface area contributed by atoms with Crippen molar-refractivity contribution in [3.8, 4) is 0 Å². The van der Waals surface area contributed by atoms with Gasteiger partial charge in [-0.15, -0.1) is 0 Å². The number of halogens is 2. The Morgan fingerprint density at radius 3 is 2.65 bits per heavy atom. The first kappa shape index (κ1) is 17.3. The van der Waals surface area contributed by atoms with Gasteiger partial charge in [-0.3, -0.25) is 9.48 Å². The summed E-state index contributed by atoms with van der Waals surface area (Å²) >= 11 is 9.35. The van der Waals surface area contributed by atoms with Crippen LogP contribution in [0.25, 0.3) is 0 Å². The van der Waals surface area contributed by atoms with Crippen LogP contribution in [0.4, 0.5) is 5.69 Å². The molecule has 4 nitrogen and oxygen atoms in total. The van der Waals surface area contributed by atoms with E-state index in [2.05, 4.69) is 26.3 Å². The molecule has 0 aliphatic heterocycles. The van der Waals surface area contributed by atoms with Gasteiger partial charge in [-0.05, 0) is 47.7 Å². The Morgan fingerprint density at radius 2 is 1.92 bits per heavy atom. The van der Waals surface area contributed by atoms with Crippen LogP contribution >= 0.6 is 27.5 Å². The van der Waals surface area contributed by atoms with E-state index in [4.69, 9.17) is 11.6 Å². The second kappa shape index (κ2) is 7.25. The topological polar surface area (TPSA) is 46.9 Å². The molecule has 6 heteroatoms. The number of amides is 1. The molecular weight excluding hydrogens is 414 g/mol. The SMILES string of the molecule is O=C(Nc1cnn(Cc2ccc(Br)cc2)c1)C1CC1c1ccc(Cl)cc1. The summed E-state index contributed by atoms with van der Waals surface area (Å²) in [6, 6.07) is 15.8. The number of hydrogen-bond acceptors (Lipinski definition) is 2. The minimum Gasteiger partial charge on any atom is -0.323 e. The number of nitrogens with zero attached hydrogens (tertiary/aromatic N) is 2. The monoisotopic (exact) mass is 429 g/mol. The van der Waals surface area contributed by atoms with Crippen LogP contribution in [0.1, 0.15) is 23.5 Å². The first-order valence-electron chi connectivity index (χ1n) is 8.42. The van der Waals surface area contributed by atoms with Crippen molar-refractivity contribution in [1.82, 2.24) is 9.78 Å². The lowest BCUT2D eigenvalue weighted by molar-refractivity contribution is -0.117. The number of rotatable bonds is 5. The van der Waals surface area contributed by atoms with Crippen molar-refractivity contribution in [1.29, 1.82) is 0 Å². The average molecular weight is 431 g/mol. The standard InChI is InChI=1S/C20H17BrClN3O/c21-15-5-1-13(2-6-15)11-25-12-17(10-23-25)24-20(26)19-9-18(19)14-3-7-16(22)8-4-14/h1-8,10,12,18-19H,9,11H2,(H,24,26). The summed E-state index contributed by atoms with van der Waals surface area (Å²) in [7, 11) is 0. The minimum absolute atomic E-state index is 0.0194. The highest BCUT2D eigenvalue weighted by Gasteiger charge is 2.43. The number of anilines is 1. The fraction of sp³-hybridized carbons (Fsp3) is 0.200. The molecule has 1 N–H and O–H groups in total. The molecule has 26 heavy (non-hydrogen) atoms. The predicted octanol–water partition coefficient (Wildman–Crippen LogP) is 5.09. The van der Waals surface area contributed by atoms with Gasteiger partial charge in [0.15, 0.2) is 0 Å². The third-order valence-electron chi connectivity index (χ3n) is 4.58. The van der Waals surface area contributed by atoms with Crippen LogP contribution in [0.3, 0.4) is 0 Å². The molecule has 3 aromatic rings. The maximum atomic E-state index is 12.5. The van der Waals surface area contributed by atoms with Crippen molar-refractivity contribution >= 4 is 39.1 Å². The number of carbonyl (C=O) groups is 1. The summed E-state index contributed by atoms with van der Waals surface area (Å²) in [5.41, 5.74) is 3.05. The van der Waals surface area contributed by atoms with Gasteiger partial charge in [-0.2, -0.15) is 5.10 Å². The Morgan fingerprint density at radius 1 is 1.19 bits per heavy atom. The fourth-order valence-corrected chi connectivity index (χ4v) is 3.48. The molecular formula is C20H17BrClN3O. The maximum absolute atomic E-state index is 12.5. The summed E-state index contributed by atoms with van der Waals surface area (Å²) < 4.78 is 2.87. The lowest BCUT2D eigenvalue weighted by Gasteiger charge is -2.03. The number of nitrogens with one attached hydrogen (secondary N) is 1. The molecule has 0 saturated heterocycles. The van der Waals surface area contributed by atoms with Crippen molar-refractivity contribution in [2.75, 3.05) is 5.32 Å². The average Bonchev–Trinajstić information content (AvgIpc) is 3.32. The van der Waals surface area contributed by atoms with Crippen molar-refractivity contribution < 1.29 is 4.79 Å². The molecule has 2 unspecified atom stereocenters. The number of carbonyl (C=O) groups excluding carboxylic acids is 1. The zero-order valence-corrected chi connectivity index (χ0v) is 16.2. The molecule has 0 spiro atoms. The van der Waals surface area contributed by atoms with E-state index in [0.717, 1.165) is 22.1 Å². The molecule has 1 fully saturated rings. The Labute approximate surface area is 165 Å². The van der Waals surface area contributed by atoms with Crippen LogP contribution in [0, 0.1) is 5.92 Å². The molecule has 2 atom stereocenters. The van der Waals surface area contributed by atoms with Crippen LogP contribution in [0.2, 0.25) is 5.02 Å². The van der Waals surface area contributed by atoms with Crippen molar-refractivity contribution in [3.05, 3.63) is 81.5 Å². The third kappa shape index (κ3) is 4.00. The van der Waals surface area contributed by atoms with Gasteiger partial charge in [0.05, 0.1) is 18.4 Å². The minimum atomic E-state index is 0.0194. The number of benzene rings is 2. The van der Waals surface area contributed by atoms with E-state index in [9.17, 15) is 4.79 Å². The van der Waals surface area contributed by atoms with E-state index in [1.165, 1.54) is 5.56 Å². The highest BCUT2D eigenvalue weighted by atomic mass is 79.9. The van der Waals surface area contributed by atoms with E-state index < -0.39 is 0 Å². The first-order chi connectivity index (χ1) is 12.6. The van der Waals surface area contributed by atoms with Crippen LogP contribution < -0.4 is 5.32 Å². The molecule has 0 radical (unpaired) electrons. The van der Waals surface area contributed by atoms with Gasteiger partial charge in [0.25, 0.3) is 0 Å². The van der Waals surface area contributed by atoms with Crippen molar-refractivity contribution in [2.24, 2.45) is 5.92 Å². The van der Waals surface area contributed by atoms with E-state index in [1.54, 1.807) is 6.20 Å². The zero-order chi connectivity index (χ0) is 18.1. The van der Waals surface area contributed by atoms with Gasteiger partial charge in [-0.1, -0.05) is 51.8 Å². The Hall–Kier alpha value is -2.11. The molecule has 1 amide bonds. The molecule has 1 aromatic heterocycles. The quantitative estimate of drug-likeness (QED) is 0.613. The fourth-order valence-electron chi connectivity index (χ4n) is 3.09. The summed E-state index contributed by atoms with van der Waals surface area (Å²) in [5, 5.41) is 8.02. The van der Waals surface area contributed by atoms with Crippen LogP contribution in [-0.4, -0.2) is 15.7 Å². The normalized spacial score (nSPS) is 18.5. The van der Waals surface area contributed by atoms with Crippen LogP contribution in [-0.2, 0) is 11.3 Å². The van der Waals surface area contributed by atoms with Crippen LogP contribution in [0.5, 0.6) is 0 Å². The Kier molecular flexibility index (Phi) is 4.83. The molecule has 0 bridgehead atoms. The van der Waals surface area contributed by atoms with Gasteiger partial charge in [0, 0.05) is 21.6 Å². The first-order valence-corrected chi connectivity index (χ1v) is 9.59. The van der Waals surface area contributed by atoms with E-state index >= 15 is 0 Å². The van der Waals surface area contributed by atoms with E-state index in [0.29, 0.717) is 11.6 Å². The smallest absolute Gasteiger partial charge is 0.228 e. The molecule has 2 aromatic carbocycles. The molecule has 1 heterocycles. The summed E-state index contributed by atoms with van der Waals surface area (Å²) in [4.78, 5) is 12.5. The second-order valence-electron chi connectivity index (χ2n) is 6.54. The summed E-state index contributed by atoms with van der Waals surface area (Å²) in [6.45, 7) is 0.667. The maximum Gasteiger partial charge on any atom is 0.228 e. The highest BCUT2D eigenvalue weighted by molar-refractivity contribution is 9.10. The van der Waals surface area contributed by atoms with Gasteiger partial charge >= 0.3 is 0 Å². The van der Waals surface area contributed by atoms with Gasteiger partial charge in [0.1, 0.15) is 0 Å². The largest absolute Gasteiger partial charge is 0.323 e. The zero-order valence-electron chi connectivity index (χ0n) is 13.9. The molecule has 1 aliphatic rings.